The number of benzene rings is 2. The second-order valence-corrected chi connectivity index (χ2v) is 11.3. The van der Waals surface area contributed by atoms with E-state index in [1.54, 1.807) is 45.0 Å². The summed E-state index contributed by atoms with van der Waals surface area (Å²) in [6.45, 7) is 4.71. The average Bonchev–Trinajstić information content (AvgIpc) is 2.97. The quantitative estimate of drug-likeness (QED) is 0.250. The fraction of sp³-hybridized carbons (Fsp3) is 0.500. The summed E-state index contributed by atoms with van der Waals surface area (Å²) in [5, 5.41) is 32.8. The Morgan fingerprint density at radius 1 is 1.02 bits per heavy atom. The predicted octanol–water partition coefficient (Wildman–Crippen LogP) is 2.60. The summed E-state index contributed by atoms with van der Waals surface area (Å²) < 4.78 is 32.3. The topological polar surface area (TPSA) is 179 Å². The highest BCUT2D eigenvalue weighted by Crippen LogP contribution is 2.35. The smallest absolute Gasteiger partial charge is 0.342 e. The highest BCUT2D eigenvalue weighted by molar-refractivity contribution is 6.32. The molecule has 0 bridgehead atoms. The van der Waals surface area contributed by atoms with Crippen molar-refractivity contribution in [1.82, 2.24) is 0 Å². The van der Waals surface area contributed by atoms with Gasteiger partial charge in [-0.15, -0.1) is 0 Å². The van der Waals surface area contributed by atoms with Gasteiger partial charge in [0.1, 0.15) is 47.6 Å². The van der Waals surface area contributed by atoms with Crippen molar-refractivity contribution in [2.75, 3.05) is 26.1 Å². The van der Waals surface area contributed by atoms with Crippen molar-refractivity contribution < 1.29 is 58.1 Å². The fourth-order valence-corrected chi connectivity index (χ4v) is 4.48. The number of aliphatic hydroxyl groups excluding tert-OH is 3. The zero-order valence-corrected chi connectivity index (χ0v) is 25.8. The van der Waals surface area contributed by atoms with E-state index in [4.69, 9.17) is 40.0 Å². The lowest BCUT2D eigenvalue weighted by Gasteiger charge is -2.40. The third-order valence-corrected chi connectivity index (χ3v) is 6.65. The largest absolute Gasteiger partial charge is 0.496 e. The Morgan fingerprint density at radius 2 is 1.75 bits per heavy atom. The molecule has 13 nitrogen and oxygen atoms in total. The minimum atomic E-state index is -1.61. The Hall–Kier alpha value is -3.46. The fourth-order valence-electron chi connectivity index (χ4n) is 4.26. The van der Waals surface area contributed by atoms with Crippen molar-refractivity contribution in [3.8, 4) is 11.5 Å². The van der Waals surface area contributed by atoms with Crippen molar-refractivity contribution >= 4 is 35.1 Å². The van der Waals surface area contributed by atoms with Crippen LogP contribution in [-0.2, 0) is 35.1 Å². The van der Waals surface area contributed by atoms with Gasteiger partial charge in [-0.25, -0.2) is 4.79 Å². The van der Waals surface area contributed by atoms with Gasteiger partial charge in [0.25, 0.3) is 0 Å². The van der Waals surface area contributed by atoms with Gasteiger partial charge in [0, 0.05) is 25.3 Å². The van der Waals surface area contributed by atoms with Crippen LogP contribution < -0.4 is 14.8 Å². The van der Waals surface area contributed by atoms with Crippen molar-refractivity contribution in [3.63, 3.8) is 0 Å². The van der Waals surface area contributed by atoms with Crippen LogP contribution >= 0.6 is 11.6 Å². The Labute approximate surface area is 259 Å². The third kappa shape index (κ3) is 9.52. The van der Waals surface area contributed by atoms with Gasteiger partial charge in [-0.2, -0.15) is 0 Å². The molecule has 1 saturated heterocycles. The molecular formula is C30H38ClNO12. The van der Waals surface area contributed by atoms with E-state index in [1.165, 1.54) is 26.4 Å². The first-order valence-electron chi connectivity index (χ1n) is 13.7. The van der Waals surface area contributed by atoms with E-state index >= 15 is 0 Å². The highest BCUT2D eigenvalue weighted by Gasteiger charge is 2.47. The number of ether oxygens (including phenoxy) is 6. The number of rotatable bonds is 12. The van der Waals surface area contributed by atoms with Crippen LogP contribution in [0.1, 0.15) is 49.5 Å². The van der Waals surface area contributed by atoms with Gasteiger partial charge in [-0.05, 0) is 44.5 Å². The number of anilines is 1. The normalized spacial score (nSPS) is 21.7. The summed E-state index contributed by atoms with van der Waals surface area (Å²) in [5.74, 6) is -1.53. The Kier molecular flexibility index (Phi) is 12.3. The summed E-state index contributed by atoms with van der Waals surface area (Å²) in [5.41, 5.74) is 0.462. The van der Waals surface area contributed by atoms with E-state index in [0.717, 1.165) is 0 Å². The highest BCUT2D eigenvalue weighted by atomic mass is 35.5. The van der Waals surface area contributed by atoms with Crippen LogP contribution in [0.3, 0.4) is 0 Å². The number of hydrogen-bond acceptors (Lipinski definition) is 12. The predicted molar refractivity (Wildman–Crippen MR) is 156 cm³/mol. The first kappa shape index (κ1) is 35.0. The van der Waals surface area contributed by atoms with E-state index in [-0.39, 0.29) is 47.4 Å². The second-order valence-electron chi connectivity index (χ2n) is 10.9. The van der Waals surface area contributed by atoms with Gasteiger partial charge < -0.3 is 49.1 Å². The molecule has 0 aromatic heterocycles. The maximum Gasteiger partial charge on any atom is 0.342 e. The molecule has 5 atom stereocenters. The van der Waals surface area contributed by atoms with Crippen molar-refractivity contribution in [2.24, 2.45) is 0 Å². The van der Waals surface area contributed by atoms with Crippen molar-refractivity contribution in [3.05, 3.63) is 52.5 Å². The molecular weight excluding hydrogens is 602 g/mol. The van der Waals surface area contributed by atoms with E-state index in [2.05, 4.69) is 5.32 Å². The molecule has 0 radical (unpaired) electrons. The van der Waals surface area contributed by atoms with Crippen LogP contribution in [0, 0.1) is 0 Å². The lowest BCUT2D eigenvalue weighted by Crippen LogP contribution is -2.60. The molecule has 1 amide bonds. The Morgan fingerprint density at radius 3 is 2.39 bits per heavy atom. The zero-order valence-electron chi connectivity index (χ0n) is 25.1. The average molecular weight is 640 g/mol. The molecule has 1 fully saturated rings. The van der Waals surface area contributed by atoms with E-state index in [0.29, 0.717) is 11.3 Å². The molecule has 1 aliphatic heterocycles. The van der Waals surface area contributed by atoms with E-state index in [9.17, 15) is 29.7 Å². The van der Waals surface area contributed by atoms with Gasteiger partial charge in [0.15, 0.2) is 12.4 Å². The molecule has 14 heteroatoms. The molecule has 0 spiro atoms. The SMILES string of the molecule is COc1cc(OCc2cccc(NC(=O)CCC(=O)OC(C)(C)C)c2)c(Cl)cc1C(=O)O[C@H]1[C@@H](OC)O[C@H](CO)[C@@H](O)[C@@H]1O. The van der Waals surface area contributed by atoms with Gasteiger partial charge in [-0.1, -0.05) is 23.7 Å². The number of amides is 1. The van der Waals surface area contributed by atoms with Crippen LogP contribution in [0.5, 0.6) is 11.5 Å². The first-order chi connectivity index (χ1) is 20.8. The Balaban J connectivity index is 1.64. The summed E-state index contributed by atoms with van der Waals surface area (Å²) in [6, 6.07) is 9.54. The summed E-state index contributed by atoms with van der Waals surface area (Å²) in [4.78, 5) is 37.3. The van der Waals surface area contributed by atoms with Crippen LogP contribution in [-0.4, -0.2) is 90.3 Å². The van der Waals surface area contributed by atoms with E-state index < -0.39 is 54.9 Å². The zero-order chi connectivity index (χ0) is 32.6. The monoisotopic (exact) mass is 639 g/mol. The molecule has 2 aromatic carbocycles. The lowest BCUT2D eigenvalue weighted by atomic mass is 9.99. The number of aliphatic hydroxyl groups is 3. The first-order valence-corrected chi connectivity index (χ1v) is 14.1. The summed E-state index contributed by atoms with van der Waals surface area (Å²) >= 11 is 6.41. The molecule has 242 valence electrons. The number of methoxy groups -OCH3 is 2. The maximum absolute atomic E-state index is 13.1. The number of carbonyl (C=O) groups excluding carboxylic acids is 3. The third-order valence-electron chi connectivity index (χ3n) is 6.36. The molecule has 3 rings (SSSR count). The van der Waals surface area contributed by atoms with Gasteiger partial charge in [0.2, 0.25) is 5.91 Å². The molecule has 4 N–H and O–H groups in total. The molecule has 2 aromatic rings. The minimum Gasteiger partial charge on any atom is -0.496 e. The molecule has 44 heavy (non-hydrogen) atoms. The second kappa shape index (κ2) is 15.5. The van der Waals surface area contributed by atoms with Crippen LogP contribution in [0.15, 0.2) is 36.4 Å². The molecule has 0 aliphatic carbocycles. The van der Waals surface area contributed by atoms with Crippen LogP contribution in [0.2, 0.25) is 5.02 Å². The number of esters is 2. The maximum atomic E-state index is 13.1. The number of halogens is 1. The van der Waals surface area contributed by atoms with Crippen LogP contribution in [0.25, 0.3) is 0 Å². The van der Waals surface area contributed by atoms with Crippen molar-refractivity contribution in [2.45, 2.75) is 76.5 Å². The molecule has 0 saturated carbocycles. The minimum absolute atomic E-state index is 0.0392. The summed E-state index contributed by atoms with van der Waals surface area (Å²) in [6.07, 6.45) is -7.05. The number of carbonyl (C=O) groups is 3. The molecule has 0 unspecified atom stereocenters. The van der Waals surface area contributed by atoms with Gasteiger partial charge >= 0.3 is 11.9 Å². The van der Waals surface area contributed by atoms with E-state index in [1.807, 2.05) is 0 Å². The molecule has 1 aliphatic rings. The van der Waals surface area contributed by atoms with Crippen LogP contribution in [0.4, 0.5) is 5.69 Å². The number of hydrogen-bond donors (Lipinski definition) is 4. The summed E-state index contributed by atoms with van der Waals surface area (Å²) in [7, 11) is 2.58. The van der Waals surface area contributed by atoms with Crippen molar-refractivity contribution in [1.29, 1.82) is 0 Å². The standard InChI is InChI=1S/C30H38ClNO12/c1-30(2,3)44-24(35)10-9-23(34)32-17-8-6-7-16(11-17)15-41-21-13-20(39-4)18(12-19(21)31)28(38)43-27-26(37)25(36)22(14-33)42-29(27)40-5/h6-8,11-13,22,25-27,29,33,36-37H,9-10,14-15H2,1-5H3,(H,32,34)/t22-,25-,26+,27-,29+/m1/s1. The van der Waals surface area contributed by atoms with Gasteiger partial charge in [0.05, 0.1) is 25.2 Å². The Bertz CT molecular complexity index is 1310. The number of nitrogens with one attached hydrogen (secondary N) is 1. The molecule has 1 heterocycles. The van der Waals surface area contributed by atoms with Gasteiger partial charge in [-0.3, -0.25) is 9.59 Å². The lowest BCUT2D eigenvalue weighted by molar-refractivity contribution is -0.293.